The van der Waals surface area contributed by atoms with Crippen LogP contribution in [-0.4, -0.2) is 43.3 Å². The standard InChI is InChI=1S/C26H30N4O4/c1-16-3-10-22(13-17(16)2)30-15-20(14-23(30)31)26(34)29-21-8-6-19(7-9-21)25(33)28-12-11-27-24(32)18-4-5-18/h3,6-10,13,18,20H,4-5,11-12,14-15H2,1-2H3,(H,27,32)(H,28,33)(H,29,34). The number of carbonyl (C=O) groups excluding carboxylic acids is 4. The highest BCUT2D eigenvalue weighted by molar-refractivity contribution is 6.03. The van der Waals surface area contributed by atoms with Gasteiger partial charge in [0.25, 0.3) is 5.91 Å². The number of nitrogens with zero attached hydrogens (tertiary/aromatic N) is 1. The molecule has 178 valence electrons. The van der Waals surface area contributed by atoms with E-state index >= 15 is 0 Å². The minimum Gasteiger partial charge on any atom is -0.354 e. The van der Waals surface area contributed by atoms with Gasteiger partial charge in [-0.15, -0.1) is 0 Å². The minimum absolute atomic E-state index is 0.0513. The molecule has 34 heavy (non-hydrogen) atoms. The van der Waals surface area contributed by atoms with E-state index in [9.17, 15) is 19.2 Å². The smallest absolute Gasteiger partial charge is 0.251 e. The van der Waals surface area contributed by atoms with Crippen LogP contribution in [-0.2, 0) is 14.4 Å². The first-order chi connectivity index (χ1) is 16.3. The van der Waals surface area contributed by atoms with Gasteiger partial charge in [-0.2, -0.15) is 0 Å². The van der Waals surface area contributed by atoms with Crippen molar-refractivity contribution in [2.75, 3.05) is 29.9 Å². The van der Waals surface area contributed by atoms with Gasteiger partial charge in [0.05, 0.1) is 5.92 Å². The van der Waals surface area contributed by atoms with Crippen molar-refractivity contribution in [1.82, 2.24) is 10.6 Å². The molecular weight excluding hydrogens is 432 g/mol. The second-order valence-corrected chi connectivity index (χ2v) is 9.06. The molecule has 1 aliphatic carbocycles. The maximum absolute atomic E-state index is 12.8. The molecule has 2 aromatic carbocycles. The summed E-state index contributed by atoms with van der Waals surface area (Å²) in [5.74, 6) is -0.773. The molecule has 2 aliphatic rings. The number of benzene rings is 2. The highest BCUT2D eigenvalue weighted by Gasteiger charge is 2.35. The Balaban J connectivity index is 1.26. The van der Waals surface area contributed by atoms with Gasteiger partial charge >= 0.3 is 0 Å². The Morgan fingerprint density at radius 2 is 1.59 bits per heavy atom. The van der Waals surface area contributed by atoms with Crippen LogP contribution in [0.1, 0.15) is 40.7 Å². The van der Waals surface area contributed by atoms with Crippen molar-refractivity contribution in [3.8, 4) is 0 Å². The molecule has 1 atom stereocenters. The van der Waals surface area contributed by atoms with Crippen LogP contribution in [0.25, 0.3) is 0 Å². The Kier molecular flexibility index (Phi) is 6.95. The molecule has 0 bridgehead atoms. The van der Waals surface area contributed by atoms with Crippen LogP contribution in [0.4, 0.5) is 11.4 Å². The summed E-state index contributed by atoms with van der Waals surface area (Å²) in [5, 5.41) is 8.42. The third-order valence-electron chi connectivity index (χ3n) is 6.37. The average molecular weight is 463 g/mol. The van der Waals surface area contributed by atoms with Gasteiger partial charge in [0, 0.05) is 48.9 Å². The normalized spacial score (nSPS) is 17.4. The van der Waals surface area contributed by atoms with E-state index in [4.69, 9.17) is 0 Å². The lowest BCUT2D eigenvalue weighted by Gasteiger charge is -2.18. The van der Waals surface area contributed by atoms with Crippen LogP contribution in [0.2, 0.25) is 0 Å². The fourth-order valence-electron chi connectivity index (χ4n) is 3.93. The quantitative estimate of drug-likeness (QED) is 0.524. The molecule has 1 saturated carbocycles. The van der Waals surface area contributed by atoms with Crippen molar-refractivity contribution in [2.45, 2.75) is 33.1 Å². The number of amides is 4. The Hall–Kier alpha value is -3.68. The van der Waals surface area contributed by atoms with E-state index in [0.717, 1.165) is 29.7 Å². The predicted octanol–water partition coefficient (Wildman–Crippen LogP) is 2.55. The highest BCUT2D eigenvalue weighted by Crippen LogP contribution is 2.29. The van der Waals surface area contributed by atoms with Crippen LogP contribution in [0.15, 0.2) is 42.5 Å². The van der Waals surface area contributed by atoms with Crippen LogP contribution >= 0.6 is 0 Å². The molecule has 4 amide bonds. The lowest BCUT2D eigenvalue weighted by Crippen LogP contribution is -2.35. The van der Waals surface area contributed by atoms with Crippen LogP contribution < -0.4 is 20.9 Å². The zero-order chi connectivity index (χ0) is 24.2. The molecule has 1 unspecified atom stereocenters. The first kappa shape index (κ1) is 23.5. The second-order valence-electron chi connectivity index (χ2n) is 9.06. The summed E-state index contributed by atoms with van der Waals surface area (Å²) in [4.78, 5) is 50.8. The van der Waals surface area contributed by atoms with Crippen molar-refractivity contribution in [3.05, 3.63) is 59.2 Å². The summed E-state index contributed by atoms with van der Waals surface area (Å²) in [6.45, 7) is 5.11. The fourth-order valence-corrected chi connectivity index (χ4v) is 3.93. The summed E-state index contributed by atoms with van der Waals surface area (Å²) in [5.41, 5.74) is 4.09. The SMILES string of the molecule is Cc1ccc(N2CC(C(=O)Nc3ccc(C(=O)NCCNC(=O)C4CC4)cc3)CC2=O)cc1C. The summed E-state index contributed by atoms with van der Waals surface area (Å²) >= 11 is 0. The Morgan fingerprint density at radius 1 is 0.882 bits per heavy atom. The molecule has 0 radical (unpaired) electrons. The van der Waals surface area contributed by atoms with Crippen LogP contribution in [0, 0.1) is 25.7 Å². The number of rotatable bonds is 8. The van der Waals surface area contributed by atoms with Crippen molar-refractivity contribution in [2.24, 2.45) is 11.8 Å². The lowest BCUT2D eigenvalue weighted by molar-refractivity contribution is -0.122. The number of aryl methyl sites for hydroxylation is 2. The van der Waals surface area contributed by atoms with Crippen molar-refractivity contribution < 1.29 is 19.2 Å². The van der Waals surface area contributed by atoms with Gasteiger partial charge in [-0.3, -0.25) is 19.2 Å². The van der Waals surface area contributed by atoms with Gasteiger partial charge in [-0.25, -0.2) is 0 Å². The van der Waals surface area contributed by atoms with Gasteiger partial charge in [0.15, 0.2) is 0 Å². The molecule has 1 heterocycles. The number of nitrogens with one attached hydrogen (secondary N) is 3. The third kappa shape index (κ3) is 5.62. The topological polar surface area (TPSA) is 108 Å². The zero-order valence-corrected chi connectivity index (χ0v) is 19.5. The van der Waals surface area contributed by atoms with Crippen LogP contribution in [0.3, 0.4) is 0 Å². The third-order valence-corrected chi connectivity index (χ3v) is 6.37. The van der Waals surface area contributed by atoms with Crippen LogP contribution in [0.5, 0.6) is 0 Å². The van der Waals surface area contributed by atoms with E-state index in [1.165, 1.54) is 0 Å². The van der Waals surface area contributed by atoms with Gasteiger partial charge in [-0.1, -0.05) is 6.07 Å². The lowest BCUT2D eigenvalue weighted by atomic mass is 10.1. The molecule has 2 aromatic rings. The van der Waals surface area contributed by atoms with Crippen molar-refractivity contribution in [3.63, 3.8) is 0 Å². The summed E-state index contributed by atoms with van der Waals surface area (Å²) in [6, 6.07) is 12.5. The Morgan fingerprint density at radius 3 is 2.26 bits per heavy atom. The number of hydrogen-bond acceptors (Lipinski definition) is 4. The predicted molar refractivity (Wildman–Crippen MR) is 130 cm³/mol. The van der Waals surface area contributed by atoms with Gasteiger partial charge in [0.2, 0.25) is 17.7 Å². The van der Waals surface area contributed by atoms with E-state index in [1.807, 2.05) is 32.0 Å². The van der Waals surface area contributed by atoms with E-state index in [1.54, 1.807) is 29.2 Å². The van der Waals surface area contributed by atoms with E-state index in [2.05, 4.69) is 16.0 Å². The maximum Gasteiger partial charge on any atom is 0.251 e. The fraction of sp³-hybridized carbons (Fsp3) is 0.385. The Bertz CT molecular complexity index is 1110. The molecule has 1 aliphatic heterocycles. The maximum atomic E-state index is 12.8. The highest BCUT2D eigenvalue weighted by atomic mass is 16.2. The summed E-state index contributed by atoms with van der Waals surface area (Å²) in [7, 11) is 0. The molecule has 0 aromatic heterocycles. The molecule has 1 saturated heterocycles. The molecule has 8 heteroatoms. The molecule has 0 spiro atoms. The number of carbonyl (C=O) groups is 4. The Labute approximate surface area is 199 Å². The molecule has 3 N–H and O–H groups in total. The molecular formula is C26H30N4O4. The van der Waals surface area contributed by atoms with Gasteiger partial charge in [-0.05, 0) is 74.2 Å². The van der Waals surface area contributed by atoms with Gasteiger partial charge < -0.3 is 20.9 Å². The minimum atomic E-state index is -0.442. The molecule has 8 nitrogen and oxygen atoms in total. The van der Waals surface area contributed by atoms with E-state index in [0.29, 0.717) is 30.9 Å². The first-order valence-corrected chi connectivity index (χ1v) is 11.7. The molecule has 2 fully saturated rings. The zero-order valence-electron chi connectivity index (χ0n) is 19.5. The van der Waals surface area contributed by atoms with Gasteiger partial charge in [0.1, 0.15) is 0 Å². The second kappa shape index (κ2) is 10.1. The van der Waals surface area contributed by atoms with Crippen molar-refractivity contribution >= 4 is 35.0 Å². The summed E-state index contributed by atoms with van der Waals surface area (Å²) < 4.78 is 0. The summed E-state index contributed by atoms with van der Waals surface area (Å²) in [6.07, 6.45) is 2.06. The average Bonchev–Trinajstić information content (AvgIpc) is 3.60. The largest absolute Gasteiger partial charge is 0.354 e. The van der Waals surface area contributed by atoms with E-state index < -0.39 is 5.92 Å². The molecule has 4 rings (SSSR count). The number of anilines is 2. The number of hydrogen-bond donors (Lipinski definition) is 3. The first-order valence-electron chi connectivity index (χ1n) is 11.7. The monoisotopic (exact) mass is 462 g/mol. The van der Waals surface area contributed by atoms with E-state index in [-0.39, 0.29) is 36.0 Å². The van der Waals surface area contributed by atoms with Crippen molar-refractivity contribution in [1.29, 1.82) is 0 Å².